The van der Waals surface area contributed by atoms with Crippen LogP contribution in [-0.2, 0) is 4.79 Å². The molecule has 0 spiro atoms. The fourth-order valence-electron chi connectivity index (χ4n) is 1.53. The van der Waals surface area contributed by atoms with Gasteiger partial charge in [0, 0.05) is 15.5 Å². The Bertz CT molecular complexity index is 562. The van der Waals surface area contributed by atoms with Gasteiger partial charge in [0.2, 0.25) is 0 Å². The molecule has 0 aliphatic heterocycles. The Balaban J connectivity index is 3.30. The molecule has 0 bridgehead atoms. The fourth-order valence-corrected chi connectivity index (χ4v) is 1.90. The van der Waals surface area contributed by atoms with Gasteiger partial charge in [0.05, 0.1) is 12.7 Å². The summed E-state index contributed by atoms with van der Waals surface area (Å²) in [4.78, 5) is 12.1. The summed E-state index contributed by atoms with van der Waals surface area (Å²) in [5, 5.41) is 9.16. The highest BCUT2D eigenvalue weighted by Crippen LogP contribution is 2.27. The molecule has 0 aromatic heterocycles. The summed E-state index contributed by atoms with van der Waals surface area (Å²) in [5.74, 6) is 0.440. The van der Waals surface area contributed by atoms with Crippen LogP contribution in [0.3, 0.4) is 0 Å². The highest BCUT2D eigenvalue weighted by Gasteiger charge is 2.25. The van der Waals surface area contributed by atoms with Gasteiger partial charge in [-0.1, -0.05) is 36.7 Å². The van der Waals surface area contributed by atoms with E-state index in [1.807, 2.05) is 18.2 Å². The van der Waals surface area contributed by atoms with Crippen molar-refractivity contribution in [3.63, 3.8) is 0 Å². The molecule has 1 rings (SSSR count). The van der Waals surface area contributed by atoms with E-state index in [4.69, 9.17) is 10.00 Å². The van der Waals surface area contributed by atoms with Crippen molar-refractivity contribution in [1.29, 1.82) is 5.26 Å². The number of ketones is 1. The molecule has 0 atom stereocenters. The van der Waals surface area contributed by atoms with Crippen molar-refractivity contribution in [2.24, 2.45) is 5.41 Å². The first-order valence-corrected chi connectivity index (χ1v) is 6.59. The lowest BCUT2D eigenvalue weighted by molar-refractivity contribution is -0.121. The Morgan fingerprint density at radius 3 is 2.53 bits per heavy atom. The number of ether oxygens (including phenoxy) is 1. The first-order chi connectivity index (χ1) is 8.79. The molecule has 3 nitrogen and oxygen atoms in total. The number of methoxy groups -OCH3 is 1. The predicted molar refractivity (Wildman–Crippen MR) is 78.7 cm³/mol. The molecule has 0 heterocycles. The zero-order valence-electron chi connectivity index (χ0n) is 11.5. The van der Waals surface area contributed by atoms with E-state index < -0.39 is 5.41 Å². The summed E-state index contributed by atoms with van der Waals surface area (Å²) in [6, 6.07) is 7.41. The van der Waals surface area contributed by atoms with Crippen LogP contribution in [0, 0.1) is 16.7 Å². The Kier molecular flexibility index (Phi) is 4.90. The third-order valence-corrected chi connectivity index (χ3v) is 3.03. The second-order valence-electron chi connectivity index (χ2n) is 5.14. The molecule has 4 heteroatoms. The Morgan fingerprint density at radius 2 is 2.05 bits per heavy atom. The van der Waals surface area contributed by atoms with Crippen molar-refractivity contribution >= 4 is 27.8 Å². The molecule has 100 valence electrons. The van der Waals surface area contributed by atoms with Gasteiger partial charge in [-0.3, -0.25) is 4.79 Å². The van der Waals surface area contributed by atoms with Crippen LogP contribution in [0.5, 0.6) is 5.75 Å². The van der Waals surface area contributed by atoms with Gasteiger partial charge in [0.1, 0.15) is 11.8 Å². The number of carbonyl (C=O) groups excluding carboxylic acids is 1. The Morgan fingerprint density at radius 1 is 1.42 bits per heavy atom. The number of halogens is 1. The topological polar surface area (TPSA) is 50.1 Å². The summed E-state index contributed by atoms with van der Waals surface area (Å²) in [7, 11) is 1.55. The van der Waals surface area contributed by atoms with E-state index in [1.54, 1.807) is 40.0 Å². The van der Waals surface area contributed by atoms with E-state index in [0.29, 0.717) is 11.3 Å². The van der Waals surface area contributed by atoms with Crippen molar-refractivity contribution in [3.05, 3.63) is 33.8 Å². The normalized spacial score (nSPS) is 11.9. The summed E-state index contributed by atoms with van der Waals surface area (Å²) >= 11 is 3.36. The number of hydrogen-bond donors (Lipinski definition) is 0. The van der Waals surface area contributed by atoms with Crippen molar-refractivity contribution in [1.82, 2.24) is 0 Å². The van der Waals surface area contributed by atoms with Crippen LogP contribution in [-0.4, -0.2) is 12.9 Å². The molecule has 0 unspecified atom stereocenters. The second kappa shape index (κ2) is 6.03. The highest BCUT2D eigenvalue weighted by molar-refractivity contribution is 9.10. The van der Waals surface area contributed by atoms with Crippen molar-refractivity contribution in [3.8, 4) is 11.8 Å². The molecule has 0 saturated heterocycles. The minimum Gasteiger partial charge on any atom is -0.496 e. The summed E-state index contributed by atoms with van der Waals surface area (Å²) in [6.45, 7) is 5.37. The van der Waals surface area contributed by atoms with Gasteiger partial charge in [-0.25, -0.2) is 0 Å². The quantitative estimate of drug-likeness (QED) is 0.625. The zero-order chi connectivity index (χ0) is 14.6. The molecule has 0 aliphatic carbocycles. The van der Waals surface area contributed by atoms with Crippen molar-refractivity contribution < 1.29 is 9.53 Å². The number of carbonyl (C=O) groups is 1. The van der Waals surface area contributed by atoms with E-state index in [-0.39, 0.29) is 11.4 Å². The van der Waals surface area contributed by atoms with Crippen LogP contribution >= 0.6 is 15.9 Å². The molecule has 0 aliphatic rings. The monoisotopic (exact) mass is 321 g/mol. The average Bonchev–Trinajstić information content (AvgIpc) is 2.34. The van der Waals surface area contributed by atoms with Crippen LogP contribution in [0.1, 0.15) is 26.3 Å². The summed E-state index contributed by atoms with van der Waals surface area (Å²) in [6.07, 6.45) is 1.57. The zero-order valence-corrected chi connectivity index (χ0v) is 13.0. The lowest BCUT2D eigenvalue weighted by Crippen LogP contribution is -2.21. The van der Waals surface area contributed by atoms with Gasteiger partial charge in [0.15, 0.2) is 5.78 Å². The average molecular weight is 322 g/mol. The predicted octanol–water partition coefficient (Wildman–Crippen LogP) is 3.98. The SMILES string of the molecule is COc1ccc(Br)cc1C=C(C#N)C(=O)C(C)(C)C. The lowest BCUT2D eigenvalue weighted by atomic mass is 9.86. The number of hydrogen-bond acceptors (Lipinski definition) is 3. The van der Waals surface area contributed by atoms with E-state index in [2.05, 4.69) is 15.9 Å². The maximum Gasteiger partial charge on any atom is 0.178 e. The third-order valence-electron chi connectivity index (χ3n) is 2.54. The maximum atomic E-state index is 12.1. The Hall–Kier alpha value is -1.60. The minimum absolute atomic E-state index is 0.129. The number of benzene rings is 1. The molecule has 0 fully saturated rings. The van der Waals surface area contributed by atoms with E-state index >= 15 is 0 Å². The van der Waals surface area contributed by atoms with Gasteiger partial charge >= 0.3 is 0 Å². The highest BCUT2D eigenvalue weighted by atomic mass is 79.9. The number of nitrogens with zero attached hydrogens (tertiary/aromatic N) is 1. The molecule has 0 amide bonds. The molecular weight excluding hydrogens is 306 g/mol. The van der Waals surface area contributed by atoms with Gasteiger partial charge < -0.3 is 4.74 Å². The molecular formula is C15H16BrNO2. The summed E-state index contributed by atoms with van der Waals surface area (Å²) < 4.78 is 6.09. The van der Waals surface area contributed by atoms with Crippen LogP contribution < -0.4 is 4.74 Å². The van der Waals surface area contributed by atoms with Gasteiger partial charge in [0.25, 0.3) is 0 Å². The van der Waals surface area contributed by atoms with Crippen LogP contribution in [0.4, 0.5) is 0 Å². The largest absolute Gasteiger partial charge is 0.496 e. The number of allylic oxidation sites excluding steroid dienone is 1. The minimum atomic E-state index is -0.583. The van der Waals surface area contributed by atoms with Crippen LogP contribution in [0.15, 0.2) is 28.2 Å². The standard InChI is InChI=1S/C15H16BrNO2/c1-15(2,3)14(18)11(9-17)7-10-8-12(16)5-6-13(10)19-4/h5-8H,1-4H3. The second-order valence-corrected chi connectivity index (χ2v) is 6.05. The first-order valence-electron chi connectivity index (χ1n) is 5.79. The lowest BCUT2D eigenvalue weighted by Gasteiger charge is -2.15. The molecule has 0 saturated carbocycles. The molecule has 0 N–H and O–H groups in total. The van der Waals surface area contributed by atoms with E-state index in [0.717, 1.165) is 4.47 Å². The number of nitriles is 1. The molecule has 0 radical (unpaired) electrons. The maximum absolute atomic E-state index is 12.1. The molecule has 1 aromatic rings. The summed E-state index contributed by atoms with van der Waals surface area (Å²) in [5.41, 5.74) is 0.246. The number of Topliss-reactive ketones (excluding diaryl/α,β-unsaturated/α-hetero) is 1. The van der Waals surface area contributed by atoms with Crippen molar-refractivity contribution in [2.45, 2.75) is 20.8 Å². The van der Waals surface area contributed by atoms with Crippen molar-refractivity contribution in [2.75, 3.05) is 7.11 Å². The smallest absolute Gasteiger partial charge is 0.178 e. The Labute approximate surface area is 122 Å². The third kappa shape index (κ3) is 3.93. The van der Waals surface area contributed by atoms with E-state index in [9.17, 15) is 4.79 Å². The molecule has 19 heavy (non-hydrogen) atoms. The van der Waals surface area contributed by atoms with Gasteiger partial charge in [-0.2, -0.15) is 5.26 Å². The first kappa shape index (κ1) is 15.5. The molecule has 1 aromatic carbocycles. The van der Waals surface area contributed by atoms with E-state index in [1.165, 1.54) is 0 Å². The number of rotatable bonds is 3. The fraction of sp³-hybridized carbons (Fsp3) is 0.333. The van der Waals surface area contributed by atoms with Crippen LogP contribution in [0.25, 0.3) is 6.08 Å². The van der Waals surface area contributed by atoms with Crippen LogP contribution in [0.2, 0.25) is 0 Å². The van der Waals surface area contributed by atoms with Gasteiger partial charge in [-0.15, -0.1) is 0 Å². The van der Waals surface area contributed by atoms with Gasteiger partial charge in [-0.05, 0) is 24.3 Å².